The Kier molecular flexibility index (Phi) is 4.28. The predicted molar refractivity (Wildman–Crippen MR) is 60.5 cm³/mol. The lowest BCUT2D eigenvalue weighted by Crippen LogP contribution is -2.16. The molecule has 1 rings (SSSR count). The van der Waals surface area contributed by atoms with Gasteiger partial charge in [-0.25, -0.2) is 0 Å². The second-order valence-corrected chi connectivity index (χ2v) is 3.98. The van der Waals surface area contributed by atoms with Crippen LogP contribution in [0.25, 0.3) is 0 Å². The van der Waals surface area contributed by atoms with Gasteiger partial charge in [0.05, 0.1) is 17.3 Å². The van der Waals surface area contributed by atoms with Gasteiger partial charge >= 0.3 is 6.18 Å². The van der Waals surface area contributed by atoms with Gasteiger partial charge < -0.3 is 5.32 Å². The van der Waals surface area contributed by atoms with E-state index in [2.05, 4.69) is 10.3 Å². The Morgan fingerprint density at radius 1 is 1.35 bits per heavy atom. The summed E-state index contributed by atoms with van der Waals surface area (Å²) in [6, 6.07) is 2.27. The Balaban J connectivity index is 2.97. The molecule has 1 N–H and O–H groups in total. The number of hydrogen-bond acceptors (Lipinski definition) is 2. The Bertz CT molecular complexity index is 389. The number of nitrogens with one attached hydrogen (secondary N) is 1. The number of likely N-dealkylation sites (N-methyl/N-ethyl adjacent to an activating group) is 1. The zero-order valence-electron chi connectivity index (χ0n) is 9.97. The van der Waals surface area contributed by atoms with E-state index in [0.29, 0.717) is 5.69 Å². The summed E-state index contributed by atoms with van der Waals surface area (Å²) in [4.78, 5) is 3.84. The first-order valence-corrected chi connectivity index (χ1v) is 5.20. The molecule has 17 heavy (non-hydrogen) atoms. The van der Waals surface area contributed by atoms with E-state index in [-0.39, 0.29) is 6.04 Å². The molecule has 0 aliphatic carbocycles. The molecule has 1 heterocycles. The third-order valence-electron chi connectivity index (χ3n) is 2.24. The quantitative estimate of drug-likeness (QED) is 0.825. The monoisotopic (exact) mass is 244 g/mol. The SMILES string of the molecule is CNC(C=C(C)C)c1ccc(C(F)(F)F)cn1. The Hall–Kier alpha value is -1.36. The highest BCUT2D eigenvalue weighted by molar-refractivity contribution is 5.22. The van der Waals surface area contributed by atoms with Crippen molar-refractivity contribution < 1.29 is 13.2 Å². The fourth-order valence-corrected chi connectivity index (χ4v) is 1.41. The summed E-state index contributed by atoms with van der Waals surface area (Å²) in [6.45, 7) is 3.85. The molecule has 0 aliphatic rings. The maximum atomic E-state index is 12.3. The van der Waals surface area contributed by atoms with Crippen LogP contribution in [0.5, 0.6) is 0 Å². The van der Waals surface area contributed by atoms with E-state index < -0.39 is 11.7 Å². The normalized spacial score (nSPS) is 13.3. The fourth-order valence-electron chi connectivity index (χ4n) is 1.41. The van der Waals surface area contributed by atoms with Crippen molar-refractivity contribution in [2.45, 2.75) is 26.1 Å². The summed E-state index contributed by atoms with van der Waals surface area (Å²) < 4.78 is 37.0. The van der Waals surface area contributed by atoms with Gasteiger partial charge in [-0.3, -0.25) is 4.98 Å². The summed E-state index contributed by atoms with van der Waals surface area (Å²) in [5.41, 5.74) is 0.918. The molecule has 1 aromatic heterocycles. The first-order chi connectivity index (χ1) is 7.84. The molecule has 94 valence electrons. The average molecular weight is 244 g/mol. The Morgan fingerprint density at radius 3 is 2.35 bits per heavy atom. The molecule has 1 unspecified atom stereocenters. The standard InChI is InChI=1S/C12H15F3N2/c1-8(2)6-11(16-3)10-5-4-9(7-17-10)12(13,14)15/h4-7,11,16H,1-3H3. The molecule has 0 fully saturated rings. The minimum atomic E-state index is -4.34. The maximum Gasteiger partial charge on any atom is 0.417 e. The highest BCUT2D eigenvalue weighted by atomic mass is 19.4. The number of alkyl halides is 3. The molecular formula is C12H15F3N2. The summed E-state index contributed by atoms with van der Waals surface area (Å²) >= 11 is 0. The summed E-state index contributed by atoms with van der Waals surface area (Å²) in [7, 11) is 1.74. The third kappa shape index (κ3) is 3.85. The van der Waals surface area contributed by atoms with Crippen molar-refractivity contribution in [3.8, 4) is 0 Å². The van der Waals surface area contributed by atoms with E-state index in [1.165, 1.54) is 6.07 Å². The summed E-state index contributed by atoms with van der Waals surface area (Å²) in [6.07, 6.45) is -1.56. The minimum absolute atomic E-state index is 0.165. The van der Waals surface area contributed by atoms with Crippen LogP contribution >= 0.6 is 0 Å². The van der Waals surface area contributed by atoms with Crippen molar-refractivity contribution in [3.63, 3.8) is 0 Å². The topological polar surface area (TPSA) is 24.9 Å². The number of allylic oxidation sites excluding steroid dienone is 1. The molecule has 0 saturated heterocycles. The van der Waals surface area contributed by atoms with Crippen molar-refractivity contribution in [3.05, 3.63) is 41.2 Å². The lowest BCUT2D eigenvalue weighted by atomic mass is 10.1. The number of nitrogens with zero attached hydrogens (tertiary/aromatic N) is 1. The number of halogens is 3. The van der Waals surface area contributed by atoms with Crippen molar-refractivity contribution in [2.75, 3.05) is 7.05 Å². The van der Waals surface area contributed by atoms with Gasteiger partial charge in [-0.2, -0.15) is 13.2 Å². The molecule has 0 aromatic carbocycles. The van der Waals surface area contributed by atoms with E-state index in [9.17, 15) is 13.2 Å². The average Bonchev–Trinajstić information content (AvgIpc) is 2.24. The van der Waals surface area contributed by atoms with Crippen LogP contribution in [0, 0.1) is 0 Å². The zero-order valence-corrected chi connectivity index (χ0v) is 9.97. The van der Waals surface area contributed by atoms with Crippen LogP contribution in [0.2, 0.25) is 0 Å². The van der Waals surface area contributed by atoms with Gasteiger partial charge in [0.2, 0.25) is 0 Å². The molecule has 0 spiro atoms. The van der Waals surface area contributed by atoms with Gasteiger partial charge in [0.25, 0.3) is 0 Å². The highest BCUT2D eigenvalue weighted by Crippen LogP contribution is 2.29. The highest BCUT2D eigenvalue weighted by Gasteiger charge is 2.30. The number of pyridine rings is 1. The van der Waals surface area contributed by atoms with Crippen LogP contribution in [0.15, 0.2) is 30.0 Å². The molecule has 0 amide bonds. The zero-order chi connectivity index (χ0) is 13.1. The van der Waals surface area contributed by atoms with Crippen molar-refractivity contribution >= 4 is 0 Å². The lowest BCUT2D eigenvalue weighted by Gasteiger charge is -2.13. The van der Waals surface area contributed by atoms with Crippen LogP contribution < -0.4 is 5.32 Å². The lowest BCUT2D eigenvalue weighted by molar-refractivity contribution is -0.137. The maximum absolute atomic E-state index is 12.3. The first kappa shape index (κ1) is 13.7. The van der Waals surface area contributed by atoms with Gasteiger partial charge in [0, 0.05) is 6.20 Å². The molecule has 0 saturated carbocycles. The van der Waals surface area contributed by atoms with E-state index in [1.54, 1.807) is 7.05 Å². The molecule has 5 heteroatoms. The molecule has 0 aliphatic heterocycles. The summed E-state index contributed by atoms with van der Waals surface area (Å²) in [5, 5.41) is 2.99. The van der Waals surface area contributed by atoms with E-state index in [4.69, 9.17) is 0 Å². The van der Waals surface area contributed by atoms with E-state index >= 15 is 0 Å². The van der Waals surface area contributed by atoms with Crippen LogP contribution in [0.1, 0.15) is 31.1 Å². The molecule has 1 aromatic rings. The Morgan fingerprint density at radius 2 is 2.00 bits per heavy atom. The molecule has 1 atom stereocenters. The molecule has 0 bridgehead atoms. The van der Waals surface area contributed by atoms with Crippen molar-refractivity contribution in [1.29, 1.82) is 0 Å². The van der Waals surface area contributed by atoms with Gasteiger partial charge in [-0.05, 0) is 33.0 Å². The largest absolute Gasteiger partial charge is 0.417 e. The van der Waals surface area contributed by atoms with Crippen LogP contribution in [0.4, 0.5) is 13.2 Å². The van der Waals surface area contributed by atoms with Gasteiger partial charge in [0.15, 0.2) is 0 Å². The van der Waals surface area contributed by atoms with Gasteiger partial charge in [-0.1, -0.05) is 11.6 Å². The second-order valence-electron chi connectivity index (χ2n) is 3.98. The number of rotatable bonds is 3. The number of hydrogen-bond donors (Lipinski definition) is 1. The van der Waals surface area contributed by atoms with Gasteiger partial charge in [0.1, 0.15) is 0 Å². The smallest absolute Gasteiger partial charge is 0.309 e. The van der Waals surface area contributed by atoms with Crippen LogP contribution in [-0.4, -0.2) is 12.0 Å². The van der Waals surface area contributed by atoms with E-state index in [0.717, 1.165) is 17.8 Å². The van der Waals surface area contributed by atoms with Crippen LogP contribution in [-0.2, 0) is 6.18 Å². The summed E-state index contributed by atoms with van der Waals surface area (Å²) in [5.74, 6) is 0. The third-order valence-corrected chi connectivity index (χ3v) is 2.24. The Labute approximate surface area is 98.6 Å². The molecular weight excluding hydrogens is 229 g/mol. The first-order valence-electron chi connectivity index (χ1n) is 5.20. The second kappa shape index (κ2) is 5.31. The van der Waals surface area contributed by atoms with Crippen molar-refractivity contribution in [2.24, 2.45) is 0 Å². The molecule has 2 nitrogen and oxygen atoms in total. The van der Waals surface area contributed by atoms with Gasteiger partial charge in [-0.15, -0.1) is 0 Å². The fraction of sp³-hybridized carbons (Fsp3) is 0.417. The minimum Gasteiger partial charge on any atom is -0.309 e. The van der Waals surface area contributed by atoms with Crippen molar-refractivity contribution in [1.82, 2.24) is 10.3 Å². The number of aromatic nitrogens is 1. The molecule has 0 radical (unpaired) electrons. The predicted octanol–water partition coefficient (Wildman–Crippen LogP) is 3.33. The van der Waals surface area contributed by atoms with Crippen LogP contribution in [0.3, 0.4) is 0 Å². The van der Waals surface area contributed by atoms with E-state index in [1.807, 2.05) is 19.9 Å².